The van der Waals surface area contributed by atoms with Crippen molar-refractivity contribution in [2.75, 3.05) is 6.54 Å². The van der Waals surface area contributed by atoms with Crippen LogP contribution in [0, 0.1) is 5.92 Å². The Morgan fingerprint density at radius 1 is 0.714 bits per heavy atom. The number of rotatable bonds is 17. The number of hydrogen-bond donors (Lipinski definition) is 8. The highest BCUT2D eigenvalue weighted by Gasteiger charge is 2.30. The molecule has 12 heteroatoms. The van der Waals surface area contributed by atoms with Gasteiger partial charge in [-0.25, -0.2) is 4.79 Å². The Hall–Kier alpha value is -4.16. The van der Waals surface area contributed by atoms with Crippen LogP contribution in [-0.4, -0.2) is 69.7 Å². The van der Waals surface area contributed by atoms with Gasteiger partial charge in [0.1, 0.15) is 29.6 Å². The number of amides is 3. The van der Waals surface area contributed by atoms with Crippen LogP contribution in [0.4, 0.5) is 0 Å². The number of aromatic hydroxyl groups is 2. The van der Waals surface area contributed by atoms with Crippen LogP contribution < -0.4 is 27.4 Å². The summed E-state index contributed by atoms with van der Waals surface area (Å²) in [5.41, 5.74) is 13.0. The van der Waals surface area contributed by atoms with Gasteiger partial charge in [-0.1, -0.05) is 38.1 Å². The molecule has 42 heavy (non-hydrogen) atoms. The fourth-order valence-electron chi connectivity index (χ4n) is 4.33. The van der Waals surface area contributed by atoms with Crippen LogP contribution in [0.2, 0.25) is 0 Å². The molecule has 0 heterocycles. The van der Waals surface area contributed by atoms with Gasteiger partial charge in [0.05, 0.1) is 6.04 Å². The van der Waals surface area contributed by atoms with Crippen molar-refractivity contribution in [3.05, 3.63) is 59.7 Å². The minimum Gasteiger partial charge on any atom is -0.508 e. The van der Waals surface area contributed by atoms with Crippen LogP contribution in [-0.2, 0) is 32.0 Å². The fourth-order valence-corrected chi connectivity index (χ4v) is 4.33. The number of phenolic OH excluding ortho intramolecular Hbond substituents is 2. The number of carboxylic acid groups (broad SMARTS) is 1. The van der Waals surface area contributed by atoms with E-state index < -0.39 is 47.9 Å². The highest BCUT2D eigenvalue weighted by molar-refractivity contribution is 5.94. The third kappa shape index (κ3) is 11.8. The van der Waals surface area contributed by atoms with Gasteiger partial charge in [-0.15, -0.1) is 0 Å². The van der Waals surface area contributed by atoms with Gasteiger partial charge in [-0.3, -0.25) is 14.4 Å². The van der Waals surface area contributed by atoms with E-state index in [0.29, 0.717) is 24.9 Å². The number of nitrogens with two attached hydrogens (primary N) is 2. The summed E-state index contributed by atoms with van der Waals surface area (Å²) in [6, 6.07) is 7.95. The first-order valence-corrected chi connectivity index (χ1v) is 14.0. The molecule has 12 nitrogen and oxygen atoms in total. The summed E-state index contributed by atoms with van der Waals surface area (Å²) in [6.07, 6.45) is 1.74. The summed E-state index contributed by atoms with van der Waals surface area (Å²) in [7, 11) is 0. The number of carbonyl (C=O) groups is 4. The molecule has 0 radical (unpaired) electrons. The highest BCUT2D eigenvalue weighted by atomic mass is 16.4. The van der Waals surface area contributed by atoms with Crippen LogP contribution in [0.5, 0.6) is 11.5 Å². The van der Waals surface area contributed by atoms with Crippen molar-refractivity contribution in [3.63, 3.8) is 0 Å². The average Bonchev–Trinajstić information content (AvgIpc) is 2.93. The van der Waals surface area contributed by atoms with E-state index in [1.54, 1.807) is 24.3 Å². The molecule has 10 N–H and O–H groups in total. The monoisotopic (exact) mass is 585 g/mol. The van der Waals surface area contributed by atoms with E-state index in [0.717, 1.165) is 5.56 Å². The molecule has 4 unspecified atom stereocenters. The zero-order chi connectivity index (χ0) is 31.2. The summed E-state index contributed by atoms with van der Waals surface area (Å²) < 4.78 is 0. The fraction of sp³-hybridized carbons (Fsp3) is 0.467. The van der Waals surface area contributed by atoms with E-state index >= 15 is 0 Å². The first-order chi connectivity index (χ1) is 19.9. The molecule has 0 aromatic heterocycles. The quantitative estimate of drug-likeness (QED) is 0.124. The van der Waals surface area contributed by atoms with E-state index in [1.807, 2.05) is 13.8 Å². The van der Waals surface area contributed by atoms with Crippen molar-refractivity contribution < 1.29 is 34.5 Å². The number of aliphatic carboxylic acids is 1. The lowest BCUT2D eigenvalue weighted by atomic mass is 10.00. The number of nitrogens with one attached hydrogen (secondary N) is 3. The molecule has 0 saturated carbocycles. The van der Waals surface area contributed by atoms with E-state index in [9.17, 15) is 34.5 Å². The number of unbranched alkanes of at least 4 members (excludes halogenated alkanes) is 1. The lowest BCUT2D eigenvalue weighted by Crippen LogP contribution is -2.57. The van der Waals surface area contributed by atoms with Crippen LogP contribution >= 0.6 is 0 Å². The Labute approximate surface area is 245 Å². The Morgan fingerprint density at radius 3 is 1.69 bits per heavy atom. The van der Waals surface area contributed by atoms with Crippen molar-refractivity contribution >= 4 is 23.7 Å². The number of hydrogen-bond acceptors (Lipinski definition) is 8. The predicted octanol–water partition coefficient (Wildman–Crippen LogP) is 0.924. The van der Waals surface area contributed by atoms with Crippen molar-refractivity contribution in [3.8, 4) is 11.5 Å². The average molecular weight is 586 g/mol. The van der Waals surface area contributed by atoms with Gasteiger partial charge in [0.2, 0.25) is 17.7 Å². The van der Waals surface area contributed by atoms with Gasteiger partial charge in [0.25, 0.3) is 0 Å². The standard InChI is InChI=1S/C30H43N5O7/c1-18(2)15-25(34-27(38)23(32)16-19-6-10-21(36)11-7-19)29(40)33-24(5-3-4-14-31)28(39)35-26(30(41)42)17-20-8-12-22(37)13-9-20/h6-13,18,23-26,36-37H,3-5,14-17,31-32H2,1-2H3,(H,33,40)(H,34,38)(H,35,39)(H,41,42). The number of carboxylic acids is 1. The van der Waals surface area contributed by atoms with Gasteiger partial charge < -0.3 is 42.7 Å². The van der Waals surface area contributed by atoms with E-state index in [2.05, 4.69) is 16.0 Å². The van der Waals surface area contributed by atoms with Crippen molar-refractivity contribution in [2.45, 2.75) is 76.5 Å². The Bertz CT molecular complexity index is 1170. The van der Waals surface area contributed by atoms with E-state index in [4.69, 9.17) is 11.5 Å². The van der Waals surface area contributed by atoms with E-state index in [1.165, 1.54) is 24.3 Å². The molecule has 0 bridgehead atoms. The Balaban J connectivity index is 2.13. The summed E-state index contributed by atoms with van der Waals surface area (Å²) in [5.74, 6) is -2.94. The maximum Gasteiger partial charge on any atom is 0.326 e. The van der Waals surface area contributed by atoms with Gasteiger partial charge in [0, 0.05) is 6.42 Å². The van der Waals surface area contributed by atoms with Gasteiger partial charge in [0.15, 0.2) is 0 Å². The molecule has 0 aliphatic heterocycles. The molecule has 230 valence electrons. The summed E-state index contributed by atoms with van der Waals surface area (Å²) in [6.45, 7) is 4.15. The van der Waals surface area contributed by atoms with Crippen LogP contribution in [0.25, 0.3) is 0 Å². The number of benzene rings is 2. The molecule has 0 spiro atoms. The minimum absolute atomic E-state index is 0.0144. The zero-order valence-electron chi connectivity index (χ0n) is 24.1. The smallest absolute Gasteiger partial charge is 0.326 e. The second-order valence-electron chi connectivity index (χ2n) is 10.8. The summed E-state index contributed by atoms with van der Waals surface area (Å²) >= 11 is 0. The highest BCUT2D eigenvalue weighted by Crippen LogP contribution is 2.14. The third-order valence-electron chi connectivity index (χ3n) is 6.64. The summed E-state index contributed by atoms with van der Waals surface area (Å²) in [5, 5.41) is 36.6. The molecular formula is C30H43N5O7. The maximum atomic E-state index is 13.4. The molecule has 0 aliphatic rings. The second-order valence-corrected chi connectivity index (χ2v) is 10.8. The van der Waals surface area contributed by atoms with Gasteiger partial charge in [-0.2, -0.15) is 0 Å². The lowest BCUT2D eigenvalue weighted by molar-refractivity contribution is -0.142. The van der Waals surface area contributed by atoms with Crippen LogP contribution in [0.1, 0.15) is 50.7 Å². The van der Waals surface area contributed by atoms with E-state index in [-0.39, 0.29) is 43.1 Å². The first kappa shape index (κ1) is 34.0. The zero-order valence-corrected chi connectivity index (χ0v) is 24.1. The summed E-state index contributed by atoms with van der Waals surface area (Å²) in [4.78, 5) is 51.5. The minimum atomic E-state index is -1.28. The number of carbonyl (C=O) groups excluding carboxylic acids is 3. The second kappa shape index (κ2) is 16.9. The Morgan fingerprint density at radius 2 is 1.19 bits per heavy atom. The molecule has 2 aromatic rings. The van der Waals surface area contributed by atoms with Crippen molar-refractivity contribution in [1.82, 2.24) is 16.0 Å². The topological polar surface area (TPSA) is 217 Å². The largest absolute Gasteiger partial charge is 0.508 e. The molecule has 2 rings (SSSR count). The molecule has 0 saturated heterocycles. The maximum absolute atomic E-state index is 13.4. The van der Waals surface area contributed by atoms with Crippen molar-refractivity contribution in [2.24, 2.45) is 17.4 Å². The third-order valence-corrected chi connectivity index (χ3v) is 6.64. The van der Waals surface area contributed by atoms with Crippen LogP contribution in [0.15, 0.2) is 48.5 Å². The molecule has 3 amide bonds. The van der Waals surface area contributed by atoms with Crippen LogP contribution in [0.3, 0.4) is 0 Å². The molecular weight excluding hydrogens is 542 g/mol. The SMILES string of the molecule is CC(C)CC(NC(=O)C(N)Cc1ccc(O)cc1)C(=O)NC(CCCCN)C(=O)NC(Cc1ccc(O)cc1)C(=O)O. The lowest BCUT2D eigenvalue weighted by Gasteiger charge is -2.26. The first-order valence-electron chi connectivity index (χ1n) is 14.0. The molecule has 0 aliphatic carbocycles. The van der Waals surface area contributed by atoms with Gasteiger partial charge >= 0.3 is 5.97 Å². The van der Waals surface area contributed by atoms with Gasteiger partial charge in [-0.05, 0) is 80.0 Å². The number of phenols is 2. The van der Waals surface area contributed by atoms with Crippen molar-refractivity contribution in [1.29, 1.82) is 0 Å². The molecule has 0 fully saturated rings. The molecule has 2 aromatic carbocycles. The molecule has 4 atom stereocenters. The predicted molar refractivity (Wildman–Crippen MR) is 157 cm³/mol. The Kier molecular flexibility index (Phi) is 13.7. The normalized spacial score (nSPS) is 13.9.